The Kier molecular flexibility index (Phi) is 6.73. The Morgan fingerprint density at radius 2 is 1.92 bits per heavy atom. The van der Waals surface area contributed by atoms with Crippen LogP contribution in [0.4, 0.5) is 0 Å². The third kappa shape index (κ3) is 4.67. The van der Waals surface area contributed by atoms with Crippen molar-refractivity contribution in [1.82, 2.24) is 4.57 Å². The molecule has 3 rings (SSSR count). The molecule has 3 nitrogen and oxygen atoms in total. The van der Waals surface area contributed by atoms with E-state index in [1.165, 1.54) is 5.56 Å². The van der Waals surface area contributed by atoms with Crippen LogP contribution in [0.2, 0.25) is 0 Å². The molecular formula is C20H21BrN2OS2. The molecule has 0 unspecified atom stereocenters. The standard InChI is InChI=1S/C20H21BrN2OS2/c1-3-14-4-6-15(7-5-14)12-19(24)22-20-23(10-11-25-2)17-9-8-16(21)13-18(17)26-20/h4-9,13H,3,10-12H2,1-2H3. The van der Waals surface area contributed by atoms with Crippen LogP contribution in [-0.4, -0.2) is 22.5 Å². The second-order valence-electron chi connectivity index (χ2n) is 5.99. The molecule has 0 aliphatic rings. The zero-order valence-electron chi connectivity index (χ0n) is 14.9. The van der Waals surface area contributed by atoms with Gasteiger partial charge in [0, 0.05) is 16.8 Å². The van der Waals surface area contributed by atoms with E-state index in [9.17, 15) is 4.79 Å². The summed E-state index contributed by atoms with van der Waals surface area (Å²) in [6, 6.07) is 14.4. The Labute approximate surface area is 170 Å². The summed E-state index contributed by atoms with van der Waals surface area (Å²) in [4.78, 5) is 17.7. The van der Waals surface area contributed by atoms with Crippen LogP contribution in [-0.2, 0) is 24.2 Å². The highest BCUT2D eigenvalue weighted by molar-refractivity contribution is 9.10. The molecule has 0 saturated carbocycles. The minimum absolute atomic E-state index is 0.0993. The van der Waals surface area contributed by atoms with Gasteiger partial charge in [0.1, 0.15) is 0 Å². The van der Waals surface area contributed by atoms with E-state index in [4.69, 9.17) is 0 Å². The number of carbonyl (C=O) groups is 1. The molecule has 1 heterocycles. The number of halogens is 1. The van der Waals surface area contributed by atoms with Crippen molar-refractivity contribution in [3.8, 4) is 0 Å². The highest BCUT2D eigenvalue weighted by Crippen LogP contribution is 2.22. The van der Waals surface area contributed by atoms with Gasteiger partial charge in [0.05, 0.1) is 16.6 Å². The number of aromatic nitrogens is 1. The van der Waals surface area contributed by atoms with Crippen molar-refractivity contribution in [3.63, 3.8) is 0 Å². The molecule has 1 amide bonds. The number of amides is 1. The first-order valence-electron chi connectivity index (χ1n) is 8.54. The lowest BCUT2D eigenvalue weighted by atomic mass is 10.1. The predicted octanol–water partition coefficient (Wildman–Crippen LogP) is 5.06. The Morgan fingerprint density at radius 1 is 1.19 bits per heavy atom. The van der Waals surface area contributed by atoms with Gasteiger partial charge in [0.2, 0.25) is 0 Å². The molecule has 0 spiro atoms. The lowest BCUT2D eigenvalue weighted by Crippen LogP contribution is -2.18. The number of aryl methyl sites for hydroxylation is 2. The first-order valence-corrected chi connectivity index (χ1v) is 11.5. The average molecular weight is 449 g/mol. The van der Waals surface area contributed by atoms with Crippen molar-refractivity contribution < 1.29 is 4.79 Å². The molecule has 0 saturated heterocycles. The fourth-order valence-electron chi connectivity index (χ4n) is 2.74. The second kappa shape index (κ2) is 9.02. The van der Waals surface area contributed by atoms with E-state index in [1.54, 1.807) is 23.1 Å². The van der Waals surface area contributed by atoms with Crippen molar-refractivity contribution in [2.24, 2.45) is 4.99 Å². The van der Waals surface area contributed by atoms with Gasteiger partial charge in [-0.1, -0.05) is 58.5 Å². The predicted molar refractivity (Wildman–Crippen MR) is 116 cm³/mol. The maximum absolute atomic E-state index is 12.5. The largest absolute Gasteiger partial charge is 0.316 e. The summed E-state index contributed by atoms with van der Waals surface area (Å²) in [5.74, 6) is 0.889. The Bertz CT molecular complexity index is 974. The van der Waals surface area contributed by atoms with E-state index in [0.717, 1.165) is 43.8 Å². The summed E-state index contributed by atoms with van der Waals surface area (Å²) in [5, 5.41) is 0. The zero-order chi connectivity index (χ0) is 18.5. The van der Waals surface area contributed by atoms with Gasteiger partial charge in [-0.05, 0) is 42.0 Å². The Balaban J connectivity index is 1.92. The molecular weight excluding hydrogens is 428 g/mol. The lowest BCUT2D eigenvalue weighted by Gasteiger charge is -2.04. The summed E-state index contributed by atoms with van der Waals surface area (Å²) in [5.41, 5.74) is 3.42. The molecule has 3 aromatic rings. The maximum atomic E-state index is 12.5. The smallest absolute Gasteiger partial charge is 0.252 e. The van der Waals surface area contributed by atoms with Crippen molar-refractivity contribution in [2.75, 3.05) is 12.0 Å². The van der Waals surface area contributed by atoms with E-state index < -0.39 is 0 Å². The number of thiazole rings is 1. The number of carbonyl (C=O) groups excluding carboxylic acids is 1. The van der Waals surface area contributed by atoms with E-state index in [-0.39, 0.29) is 5.91 Å². The van der Waals surface area contributed by atoms with Gasteiger partial charge in [-0.15, -0.1) is 0 Å². The van der Waals surface area contributed by atoms with Crippen LogP contribution >= 0.6 is 39.0 Å². The third-order valence-electron chi connectivity index (χ3n) is 4.17. The minimum Gasteiger partial charge on any atom is -0.316 e. The van der Waals surface area contributed by atoms with Crippen molar-refractivity contribution >= 4 is 55.2 Å². The van der Waals surface area contributed by atoms with Crippen molar-refractivity contribution in [1.29, 1.82) is 0 Å². The molecule has 1 aromatic heterocycles. The van der Waals surface area contributed by atoms with Crippen LogP contribution in [0.1, 0.15) is 18.1 Å². The van der Waals surface area contributed by atoms with E-state index in [0.29, 0.717) is 6.42 Å². The van der Waals surface area contributed by atoms with Gasteiger partial charge < -0.3 is 4.57 Å². The van der Waals surface area contributed by atoms with Gasteiger partial charge in [0.25, 0.3) is 5.91 Å². The van der Waals surface area contributed by atoms with Gasteiger partial charge in [-0.3, -0.25) is 4.79 Å². The van der Waals surface area contributed by atoms with Crippen molar-refractivity contribution in [2.45, 2.75) is 26.3 Å². The van der Waals surface area contributed by atoms with Gasteiger partial charge in [-0.25, -0.2) is 0 Å². The van der Waals surface area contributed by atoms with Crippen molar-refractivity contribution in [3.05, 3.63) is 62.9 Å². The second-order valence-corrected chi connectivity index (χ2v) is 8.90. The first-order chi connectivity index (χ1) is 12.6. The van der Waals surface area contributed by atoms with Gasteiger partial charge in [-0.2, -0.15) is 16.8 Å². The third-order valence-corrected chi connectivity index (χ3v) is 6.30. The summed E-state index contributed by atoms with van der Waals surface area (Å²) < 4.78 is 4.33. The van der Waals surface area contributed by atoms with E-state index >= 15 is 0 Å². The van der Waals surface area contributed by atoms with Crippen LogP contribution < -0.4 is 4.80 Å². The van der Waals surface area contributed by atoms with Crippen LogP contribution in [0.3, 0.4) is 0 Å². The molecule has 6 heteroatoms. The Hall–Kier alpha value is -1.37. The normalized spacial score (nSPS) is 12.0. The highest BCUT2D eigenvalue weighted by atomic mass is 79.9. The van der Waals surface area contributed by atoms with Crippen LogP contribution in [0, 0.1) is 0 Å². The Morgan fingerprint density at radius 3 is 2.62 bits per heavy atom. The molecule has 0 aliphatic carbocycles. The molecule has 0 atom stereocenters. The average Bonchev–Trinajstić information content (AvgIpc) is 2.96. The number of hydrogen-bond donors (Lipinski definition) is 0. The van der Waals surface area contributed by atoms with Gasteiger partial charge >= 0.3 is 0 Å². The molecule has 0 N–H and O–H groups in total. The molecule has 0 fully saturated rings. The topological polar surface area (TPSA) is 34.4 Å². The number of hydrogen-bond acceptors (Lipinski definition) is 3. The first kappa shape index (κ1) is 19.4. The molecule has 136 valence electrons. The van der Waals surface area contributed by atoms with E-state index in [2.05, 4.69) is 62.9 Å². The summed E-state index contributed by atoms with van der Waals surface area (Å²) in [6.07, 6.45) is 3.43. The summed E-state index contributed by atoms with van der Waals surface area (Å²) in [6.45, 7) is 2.97. The molecule has 26 heavy (non-hydrogen) atoms. The lowest BCUT2D eigenvalue weighted by molar-refractivity contribution is -0.117. The number of thioether (sulfide) groups is 1. The van der Waals surface area contributed by atoms with Crippen LogP contribution in [0.5, 0.6) is 0 Å². The number of nitrogens with zero attached hydrogens (tertiary/aromatic N) is 2. The number of rotatable bonds is 6. The summed E-state index contributed by atoms with van der Waals surface area (Å²) >= 11 is 6.88. The molecule has 0 bridgehead atoms. The summed E-state index contributed by atoms with van der Waals surface area (Å²) in [7, 11) is 0. The fourth-order valence-corrected chi connectivity index (χ4v) is 4.74. The molecule has 0 aliphatic heterocycles. The maximum Gasteiger partial charge on any atom is 0.252 e. The van der Waals surface area contributed by atoms with E-state index in [1.807, 2.05) is 18.2 Å². The quantitative estimate of drug-likeness (QED) is 0.527. The zero-order valence-corrected chi connectivity index (χ0v) is 18.1. The fraction of sp³-hybridized carbons (Fsp3) is 0.300. The van der Waals surface area contributed by atoms with Crippen LogP contribution in [0.15, 0.2) is 51.9 Å². The highest BCUT2D eigenvalue weighted by Gasteiger charge is 2.09. The number of benzene rings is 2. The van der Waals surface area contributed by atoms with Gasteiger partial charge in [0.15, 0.2) is 4.80 Å². The molecule has 0 radical (unpaired) electrons. The molecule has 2 aromatic carbocycles. The minimum atomic E-state index is -0.0993. The van der Waals surface area contributed by atoms with Crippen LogP contribution in [0.25, 0.3) is 10.2 Å². The monoisotopic (exact) mass is 448 g/mol. The SMILES string of the molecule is CCc1ccc(CC(=O)N=c2sc3cc(Br)ccc3n2CCSC)cc1. The number of fused-ring (bicyclic) bond motifs is 1.